The molecule has 9 nitrogen and oxygen atoms in total. The van der Waals surface area contributed by atoms with Gasteiger partial charge in [0.2, 0.25) is 11.6 Å². The van der Waals surface area contributed by atoms with E-state index in [1.165, 1.54) is 0 Å². The molecular formula is C21H17N9. The molecule has 0 amide bonds. The summed E-state index contributed by atoms with van der Waals surface area (Å²) in [5, 5.41) is 24.3. The summed E-state index contributed by atoms with van der Waals surface area (Å²) < 4.78 is 3.32. The quantitative estimate of drug-likeness (QED) is 0.461. The van der Waals surface area contributed by atoms with E-state index in [4.69, 9.17) is 4.98 Å². The van der Waals surface area contributed by atoms with Crippen molar-refractivity contribution in [3.8, 4) is 34.4 Å². The van der Waals surface area contributed by atoms with E-state index in [1.807, 2.05) is 80.6 Å². The number of aromatic nitrogens is 9. The largest absolute Gasteiger partial charge is 0.241 e. The molecule has 0 unspecified atom stereocenters. The predicted octanol–water partition coefficient (Wildman–Crippen LogP) is 2.98. The zero-order valence-electron chi connectivity index (χ0n) is 16.4. The van der Waals surface area contributed by atoms with E-state index >= 15 is 0 Å². The molecule has 0 saturated carbocycles. The monoisotopic (exact) mass is 395 g/mol. The highest BCUT2D eigenvalue weighted by molar-refractivity contribution is 5.60. The highest BCUT2D eigenvalue weighted by Gasteiger charge is 2.16. The Hall–Kier alpha value is -4.27. The zero-order chi connectivity index (χ0) is 20.5. The molecule has 5 rings (SSSR count). The van der Waals surface area contributed by atoms with Crippen molar-refractivity contribution in [1.29, 1.82) is 0 Å². The molecule has 0 fully saturated rings. The van der Waals surface area contributed by atoms with Gasteiger partial charge in [-0.1, -0.05) is 41.5 Å². The Balaban J connectivity index is 1.56. The molecule has 146 valence electrons. The first kappa shape index (κ1) is 17.8. The van der Waals surface area contributed by atoms with Gasteiger partial charge in [-0.05, 0) is 71.1 Å². The van der Waals surface area contributed by atoms with Crippen molar-refractivity contribution in [2.45, 2.75) is 13.8 Å². The summed E-state index contributed by atoms with van der Waals surface area (Å²) in [6.07, 6.45) is 0. The third kappa shape index (κ3) is 3.22. The van der Waals surface area contributed by atoms with Crippen LogP contribution in [0.1, 0.15) is 11.1 Å². The average molecular weight is 395 g/mol. The van der Waals surface area contributed by atoms with E-state index < -0.39 is 0 Å². The fourth-order valence-corrected chi connectivity index (χ4v) is 3.10. The molecule has 2 aromatic carbocycles. The SMILES string of the molecule is Cc1ccc(-n2nnnc2-c2cccc(-c3nnnn3-c3ccc(C)cc3)n2)cc1. The van der Waals surface area contributed by atoms with Crippen LogP contribution in [0.3, 0.4) is 0 Å². The van der Waals surface area contributed by atoms with Gasteiger partial charge in [0.15, 0.2) is 0 Å². The first-order valence-corrected chi connectivity index (χ1v) is 9.38. The van der Waals surface area contributed by atoms with Crippen LogP contribution in [-0.2, 0) is 0 Å². The van der Waals surface area contributed by atoms with Gasteiger partial charge >= 0.3 is 0 Å². The fraction of sp³-hybridized carbons (Fsp3) is 0.0952. The lowest BCUT2D eigenvalue weighted by Gasteiger charge is -2.07. The third-order valence-corrected chi connectivity index (χ3v) is 4.70. The molecule has 5 aromatic rings. The van der Waals surface area contributed by atoms with Gasteiger partial charge in [0.25, 0.3) is 0 Å². The number of aryl methyl sites for hydroxylation is 2. The van der Waals surface area contributed by atoms with E-state index in [1.54, 1.807) is 9.36 Å². The van der Waals surface area contributed by atoms with Crippen LogP contribution in [-0.4, -0.2) is 45.4 Å². The fourth-order valence-electron chi connectivity index (χ4n) is 3.10. The molecule has 0 aliphatic carbocycles. The summed E-state index contributed by atoms with van der Waals surface area (Å²) in [4.78, 5) is 4.74. The second-order valence-electron chi connectivity index (χ2n) is 6.91. The van der Waals surface area contributed by atoms with Crippen molar-refractivity contribution in [3.63, 3.8) is 0 Å². The highest BCUT2D eigenvalue weighted by atomic mass is 15.6. The molecule has 0 N–H and O–H groups in total. The molecule has 0 aliphatic rings. The van der Waals surface area contributed by atoms with Crippen molar-refractivity contribution in [2.75, 3.05) is 0 Å². The minimum absolute atomic E-state index is 0.537. The normalized spacial score (nSPS) is 11.0. The highest BCUT2D eigenvalue weighted by Crippen LogP contribution is 2.23. The number of rotatable bonds is 4. The standard InChI is InChI=1S/C21H17N9/c1-14-6-10-16(11-7-14)29-20(23-25-27-29)18-4-3-5-19(22-18)21-24-26-28-30(21)17-12-8-15(2)9-13-17/h3-13H,1-2H3. The topological polar surface area (TPSA) is 100 Å². The summed E-state index contributed by atoms with van der Waals surface area (Å²) in [6, 6.07) is 21.5. The molecule has 0 bridgehead atoms. The van der Waals surface area contributed by atoms with Gasteiger partial charge in [0.05, 0.1) is 11.4 Å². The Morgan fingerprint density at radius 1 is 0.567 bits per heavy atom. The Kier molecular flexibility index (Phi) is 4.32. The number of hydrogen-bond donors (Lipinski definition) is 0. The number of nitrogens with zero attached hydrogens (tertiary/aromatic N) is 9. The van der Waals surface area contributed by atoms with Crippen molar-refractivity contribution in [2.24, 2.45) is 0 Å². The van der Waals surface area contributed by atoms with Crippen LogP contribution in [0.2, 0.25) is 0 Å². The molecule has 3 heterocycles. The number of benzene rings is 2. The zero-order valence-corrected chi connectivity index (χ0v) is 16.4. The molecule has 0 spiro atoms. The summed E-state index contributed by atoms with van der Waals surface area (Å²) in [5.74, 6) is 1.07. The summed E-state index contributed by atoms with van der Waals surface area (Å²) in [7, 11) is 0. The maximum absolute atomic E-state index is 4.74. The Morgan fingerprint density at radius 3 is 1.43 bits per heavy atom. The number of hydrogen-bond acceptors (Lipinski definition) is 7. The lowest BCUT2D eigenvalue weighted by Crippen LogP contribution is -2.03. The maximum atomic E-state index is 4.74. The van der Waals surface area contributed by atoms with E-state index in [9.17, 15) is 0 Å². The molecule has 3 aromatic heterocycles. The Bertz CT molecular complexity index is 1200. The van der Waals surface area contributed by atoms with Crippen LogP contribution < -0.4 is 0 Å². The molecule has 0 saturated heterocycles. The molecule has 0 aliphatic heterocycles. The van der Waals surface area contributed by atoms with E-state index in [-0.39, 0.29) is 0 Å². The van der Waals surface area contributed by atoms with Crippen molar-refractivity contribution in [3.05, 3.63) is 77.9 Å². The van der Waals surface area contributed by atoms with Gasteiger partial charge in [-0.2, -0.15) is 9.36 Å². The van der Waals surface area contributed by atoms with Gasteiger partial charge in [0, 0.05) is 0 Å². The predicted molar refractivity (Wildman–Crippen MR) is 110 cm³/mol. The molecule has 0 atom stereocenters. The summed E-state index contributed by atoms with van der Waals surface area (Å²) >= 11 is 0. The average Bonchev–Trinajstić information content (AvgIpc) is 3.45. The molecule has 9 heteroatoms. The van der Waals surface area contributed by atoms with Crippen LogP contribution in [0, 0.1) is 13.8 Å². The third-order valence-electron chi connectivity index (χ3n) is 4.70. The van der Waals surface area contributed by atoms with E-state index in [0.717, 1.165) is 22.5 Å². The summed E-state index contributed by atoms with van der Waals surface area (Å²) in [5.41, 5.74) is 5.29. The first-order valence-electron chi connectivity index (χ1n) is 9.38. The summed E-state index contributed by atoms with van der Waals surface area (Å²) in [6.45, 7) is 4.07. The van der Waals surface area contributed by atoms with Crippen molar-refractivity contribution < 1.29 is 0 Å². The minimum Gasteiger partial charge on any atom is -0.241 e. The van der Waals surface area contributed by atoms with Crippen molar-refractivity contribution >= 4 is 0 Å². The molecular weight excluding hydrogens is 378 g/mol. The number of tetrazole rings is 2. The second kappa shape index (κ2) is 7.28. The lowest BCUT2D eigenvalue weighted by molar-refractivity contribution is 0.789. The van der Waals surface area contributed by atoms with Gasteiger partial charge in [-0.25, -0.2) is 4.98 Å². The van der Waals surface area contributed by atoms with Gasteiger partial charge in [-0.3, -0.25) is 0 Å². The van der Waals surface area contributed by atoms with Crippen LogP contribution in [0.5, 0.6) is 0 Å². The van der Waals surface area contributed by atoms with E-state index in [2.05, 4.69) is 31.1 Å². The lowest BCUT2D eigenvalue weighted by atomic mass is 10.2. The maximum Gasteiger partial charge on any atom is 0.205 e. The van der Waals surface area contributed by atoms with Crippen LogP contribution in [0.25, 0.3) is 34.4 Å². The Morgan fingerprint density at radius 2 is 1.00 bits per heavy atom. The van der Waals surface area contributed by atoms with Crippen LogP contribution in [0.15, 0.2) is 66.7 Å². The molecule has 0 radical (unpaired) electrons. The second-order valence-corrected chi connectivity index (χ2v) is 6.91. The number of pyridine rings is 1. The van der Waals surface area contributed by atoms with Gasteiger partial charge < -0.3 is 0 Å². The van der Waals surface area contributed by atoms with Gasteiger partial charge in [0.1, 0.15) is 11.4 Å². The van der Waals surface area contributed by atoms with Crippen molar-refractivity contribution in [1.82, 2.24) is 45.4 Å². The minimum atomic E-state index is 0.537. The van der Waals surface area contributed by atoms with Gasteiger partial charge in [-0.15, -0.1) is 10.2 Å². The van der Waals surface area contributed by atoms with E-state index in [0.29, 0.717) is 23.0 Å². The Labute approximate surface area is 172 Å². The smallest absolute Gasteiger partial charge is 0.205 e. The first-order chi connectivity index (χ1) is 14.7. The van der Waals surface area contributed by atoms with Crippen LogP contribution in [0.4, 0.5) is 0 Å². The van der Waals surface area contributed by atoms with Crippen LogP contribution >= 0.6 is 0 Å². The molecule has 30 heavy (non-hydrogen) atoms.